The molecule has 0 saturated heterocycles. The lowest BCUT2D eigenvalue weighted by Gasteiger charge is -2.09. The summed E-state index contributed by atoms with van der Waals surface area (Å²) in [4.78, 5) is 17.2. The monoisotopic (exact) mass is 420 g/mol. The fraction of sp³-hybridized carbons (Fsp3) is 0.250. The van der Waals surface area contributed by atoms with Crippen molar-refractivity contribution in [2.24, 2.45) is 7.05 Å². The minimum absolute atomic E-state index is 0. The Bertz CT molecular complexity index is 1270. The van der Waals surface area contributed by atoms with E-state index in [2.05, 4.69) is 34.0 Å². The molecule has 30 heavy (non-hydrogen) atoms. The van der Waals surface area contributed by atoms with Crippen LogP contribution in [0.2, 0.25) is 0 Å². The molecule has 4 heterocycles. The molecule has 0 fully saturated rings. The molecule has 1 aromatic carbocycles. The van der Waals surface area contributed by atoms with Crippen LogP contribution >= 0.6 is 12.4 Å². The Kier molecular flexibility index (Phi) is 5.50. The molecule has 3 aromatic heterocycles. The van der Waals surface area contributed by atoms with Gasteiger partial charge >= 0.3 is 0 Å². The number of nitrogens with one attached hydrogen (secondary N) is 1. The van der Waals surface area contributed by atoms with Crippen molar-refractivity contribution < 1.29 is 0 Å². The topological polar surface area (TPSA) is 51.9 Å². The Labute approximate surface area is 181 Å². The summed E-state index contributed by atoms with van der Waals surface area (Å²) in [7, 11) is 2.13. The minimum Gasteiger partial charge on any atom is -0.347 e. The highest BCUT2D eigenvalue weighted by molar-refractivity contribution is 5.87. The molecular weight excluding hydrogens is 396 g/mol. The molecule has 1 N–H and O–H groups in total. The molecule has 5 rings (SSSR count). The summed E-state index contributed by atoms with van der Waals surface area (Å²) in [5.41, 5.74) is 7.62. The number of halogens is 1. The van der Waals surface area contributed by atoms with Crippen LogP contribution in [0.1, 0.15) is 23.4 Å². The Balaban J connectivity index is 0.00000218. The van der Waals surface area contributed by atoms with Crippen LogP contribution in [0.3, 0.4) is 0 Å². The first-order chi connectivity index (χ1) is 14.1. The molecule has 0 spiro atoms. The molecule has 0 radical (unpaired) electrons. The van der Waals surface area contributed by atoms with Gasteiger partial charge in [-0.3, -0.25) is 14.3 Å². The Morgan fingerprint density at radius 1 is 1.07 bits per heavy atom. The molecular formula is C24H25ClN4O. The first-order valence-electron chi connectivity index (χ1n) is 10.1. The van der Waals surface area contributed by atoms with Crippen molar-refractivity contribution in [1.82, 2.24) is 19.4 Å². The van der Waals surface area contributed by atoms with E-state index in [1.54, 1.807) is 10.6 Å². The van der Waals surface area contributed by atoms with Crippen molar-refractivity contribution in [2.45, 2.75) is 26.3 Å². The van der Waals surface area contributed by atoms with Crippen molar-refractivity contribution in [3.63, 3.8) is 0 Å². The summed E-state index contributed by atoms with van der Waals surface area (Å²) in [5, 5.41) is 4.79. The highest BCUT2D eigenvalue weighted by atomic mass is 35.5. The standard InChI is InChI=1S/C24H24N4O.ClH/c1-16-5-6-18(14-26-16)17-9-11-28(24(29)12-17)19-7-8-20-21-15-25-10-3-4-22(21)27(2)23(20)13-19;/h5-9,11-14,25H,3-4,10,15H2,1-2H3;1H. The summed E-state index contributed by atoms with van der Waals surface area (Å²) in [6, 6.07) is 13.9. The molecule has 0 amide bonds. The third kappa shape index (κ3) is 3.44. The molecule has 0 bridgehead atoms. The zero-order chi connectivity index (χ0) is 20.0. The molecule has 6 heteroatoms. The van der Waals surface area contributed by atoms with Gasteiger partial charge in [0.25, 0.3) is 5.56 Å². The largest absolute Gasteiger partial charge is 0.347 e. The third-order valence-electron chi connectivity index (χ3n) is 5.93. The number of nitrogens with zero attached hydrogens (tertiary/aromatic N) is 3. The van der Waals surface area contributed by atoms with Gasteiger partial charge in [-0.1, -0.05) is 12.1 Å². The highest BCUT2D eigenvalue weighted by Crippen LogP contribution is 2.29. The van der Waals surface area contributed by atoms with Gasteiger partial charge in [-0.05, 0) is 61.7 Å². The van der Waals surface area contributed by atoms with Gasteiger partial charge in [-0.15, -0.1) is 12.4 Å². The van der Waals surface area contributed by atoms with Crippen LogP contribution in [-0.2, 0) is 20.0 Å². The number of rotatable bonds is 2. The number of hydrogen-bond acceptors (Lipinski definition) is 3. The molecule has 5 nitrogen and oxygen atoms in total. The van der Waals surface area contributed by atoms with Crippen molar-refractivity contribution in [3.05, 3.63) is 82.2 Å². The van der Waals surface area contributed by atoms with Gasteiger partial charge in [0.2, 0.25) is 0 Å². The van der Waals surface area contributed by atoms with Crippen LogP contribution in [0.15, 0.2) is 59.7 Å². The van der Waals surface area contributed by atoms with Crippen LogP contribution in [0.5, 0.6) is 0 Å². The van der Waals surface area contributed by atoms with E-state index in [1.807, 2.05) is 43.6 Å². The van der Waals surface area contributed by atoms with Crippen molar-refractivity contribution >= 4 is 23.3 Å². The molecule has 1 aliphatic rings. The Hall–Kier alpha value is -2.89. The number of benzene rings is 1. The van der Waals surface area contributed by atoms with E-state index in [4.69, 9.17) is 0 Å². The SMILES string of the molecule is Cc1ccc(-c2ccn(-c3ccc4c5c(n(C)c4c3)CCCNC5)c(=O)c2)cn1.Cl. The maximum Gasteiger partial charge on any atom is 0.255 e. The van der Waals surface area contributed by atoms with Gasteiger partial charge < -0.3 is 9.88 Å². The van der Waals surface area contributed by atoms with Gasteiger partial charge in [0, 0.05) is 54.4 Å². The minimum atomic E-state index is -0.0418. The lowest BCUT2D eigenvalue weighted by Crippen LogP contribution is -2.16. The molecule has 0 saturated carbocycles. The predicted octanol–water partition coefficient (Wildman–Crippen LogP) is 4.16. The van der Waals surface area contributed by atoms with Gasteiger partial charge in [0.15, 0.2) is 0 Å². The average Bonchev–Trinajstić information content (AvgIpc) is 2.89. The quantitative estimate of drug-likeness (QED) is 0.529. The normalized spacial score (nSPS) is 13.5. The summed E-state index contributed by atoms with van der Waals surface area (Å²) in [5.74, 6) is 0. The maximum atomic E-state index is 12.9. The third-order valence-corrected chi connectivity index (χ3v) is 5.93. The van der Waals surface area contributed by atoms with E-state index >= 15 is 0 Å². The number of hydrogen-bond donors (Lipinski definition) is 1. The summed E-state index contributed by atoms with van der Waals surface area (Å²) < 4.78 is 4.00. The van der Waals surface area contributed by atoms with Crippen LogP contribution in [-0.4, -0.2) is 20.7 Å². The van der Waals surface area contributed by atoms with E-state index in [0.717, 1.165) is 48.4 Å². The highest BCUT2D eigenvalue weighted by Gasteiger charge is 2.17. The smallest absolute Gasteiger partial charge is 0.255 e. The maximum absolute atomic E-state index is 12.9. The van der Waals surface area contributed by atoms with Crippen molar-refractivity contribution in [1.29, 1.82) is 0 Å². The second kappa shape index (κ2) is 8.09. The van der Waals surface area contributed by atoms with Crippen LogP contribution < -0.4 is 10.9 Å². The van der Waals surface area contributed by atoms with E-state index in [9.17, 15) is 4.79 Å². The Morgan fingerprint density at radius 3 is 2.70 bits per heavy atom. The fourth-order valence-electron chi connectivity index (χ4n) is 4.33. The van der Waals surface area contributed by atoms with E-state index < -0.39 is 0 Å². The van der Waals surface area contributed by atoms with Crippen LogP contribution in [0.25, 0.3) is 27.7 Å². The number of aromatic nitrogens is 3. The second-order valence-electron chi connectivity index (χ2n) is 7.78. The predicted molar refractivity (Wildman–Crippen MR) is 124 cm³/mol. The second-order valence-corrected chi connectivity index (χ2v) is 7.78. The molecule has 154 valence electrons. The molecule has 0 aliphatic carbocycles. The lowest BCUT2D eigenvalue weighted by atomic mass is 10.1. The Morgan fingerprint density at radius 2 is 1.93 bits per heavy atom. The van der Waals surface area contributed by atoms with Gasteiger partial charge in [0.1, 0.15) is 0 Å². The zero-order valence-corrected chi connectivity index (χ0v) is 18.0. The van der Waals surface area contributed by atoms with Crippen molar-refractivity contribution in [3.8, 4) is 16.8 Å². The first-order valence-corrected chi connectivity index (χ1v) is 10.1. The molecule has 0 atom stereocenters. The summed E-state index contributed by atoms with van der Waals surface area (Å²) >= 11 is 0. The van der Waals surface area contributed by atoms with Gasteiger partial charge in [-0.2, -0.15) is 0 Å². The van der Waals surface area contributed by atoms with Gasteiger partial charge in [-0.25, -0.2) is 0 Å². The number of aryl methyl sites for hydroxylation is 2. The summed E-state index contributed by atoms with van der Waals surface area (Å²) in [6.07, 6.45) is 5.90. The zero-order valence-electron chi connectivity index (χ0n) is 17.2. The number of pyridine rings is 2. The molecule has 0 unspecified atom stereocenters. The van der Waals surface area contributed by atoms with Crippen LogP contribution in [0.4, 0.5) is 0 Å². The average molecular weight is 421 g/mol. The van der Waals surface area contributed by atoms with E-state index in [1.165, 1.54) is 22.2 Å². The molecule has 4 aromatic rings. The van der Waals surface area contributed by atoms with E-state index in [-0.39, 0.29) is 18.0 Å². The fourth-order valence-corrected chi connectivity index (χ4v) is 4.33. The first kappa shape index (κ1) is 20.4. The number of fused-ring (bicyclic) bond motifs is 3. The molecule has 1 aliphatic heterocycles. The van der Waals surface area contributed by atoms with E-state index in [0.29, 0.717) is 0 Å². The summed E-state index contributed by atoms with van der Waals surface area (Å²) in [6.45, 7) is 3.93. The van der Waals surface area contributed by atoms with Crippen LogP contribution in [0, 0.1) is 6.92 Å². The van der Waals surface area contributed by atoms with Gasteiger partial charge in [0.05, 0.1) is 11.2 Å². The lowest BCUT2D eigenvalue weighted by molar-refractivity contribution is 0.677. The van der Waals surface area contributed by atoms with Crippen molar-refractivity contribution in [2.75, 3.05) is 6.54 Å².